The van der Waals surface area contributed by atoms with Crippen LogP contribution in [0.2, 0.25) is 0 Å². The average molecular weight is 563 g/mol. The molecule has 0 radical (unpaired) electrons. The normalized spacial score (nSPS) is 23.6. The Morgan fingerprint density at radius 3 is 2.31 bits per heavy atom. The zero-order valence-electron chi connectivity index (χ0n) is 22.4. The number of rotatable bonds is 2. The molecule has 5 aromatic rings. The van der Waals surface area contributed by atoms with E-state index in [0.29, 0.717) is 46.0 Å². The maximum Gasteiger partial charge on any atom is 0.285 e. The van der Waals surface area contributed by atoms with Crippen molar-refractivity contribution in [2.24, 2.45) is 5.92 Å². The summed E-state index contributed by atoms with van der Waals surface area (Å²) in [7, 11) is 0. The molecule has 3 heterocycles. The quantitative estimate of drug-likeness (QED) is 0.144. The Labute approximate surface area is 239 Å². The van der Waals surface area contributed by atoms with Crippen molar-refractivity contribution in [1.29, 1.82) is 0 Å². The van der Waals surface area contributed by atoms with E-state index in [4.69, 9.17) is 13.9 Å². The first kappa shape index (κ1) is 24.5. The molecule has 0 spiro atoms. The first-order valence-electron chi connectivity index (χ1n) is 13.7. The highest BCUT2D eigenvalue weighted by molar-refractivity contribution is 5.84. The third kappa shape index (κ3) is 3.41. The van der Waals surface area contributed by atoms with Crippen molar-refractivity contribution < 1.29 is 39.4 Å². The van der Waals surface area contributed by atoms with Crippen LogP contribution in [0.15, 0.2) is 88.9 Å². The van der Waals surface area contributed by atoms with Crippen LogP contribution in [0.4, 0.5) is 0 Å². The Hall–Kier alpha value is -5.24. The molecule has 1 aliphatic carbocycles. The van der Waals surface area contributed by atoms with Crippen LogP contribution in [0.1, 0.15) is 41.9 Å². The van der Waals surface area contributed by atoms with Gasteiger partial charge in [-0.25, -0.2) is 0 Å². The minimum atomic E-state index is -1.57. The summed E-state index contributed by atoms with van der Waals surface area (Å²) in [4.78, 5) is 0. The van der Waals surface area contributed by atoms with Gasteiger partial charge in [0.15, 0.2) is 0 Å². The molecular weight excluding hydrogens is 536 g/mol. The van der Waals surface area contributed by atoms with Crippen molar-refractivity contribution in [3.05, 3.63) is 101 Å². The van der Waals surface area contributed by atoms with E-state index in [-0.39, 0.29) is 40.6 Å². The van der Waals surface area contributed by atoms with Crippen LogP contribution in [0.3, 0.4) is 0 Å². The fraction of sp³-hybridized carbons (Fsp3) is 0.176. The van der Waals surface area contributed by atoms with E-state index in [0.717, 1.165) is 16.5 Å². The second-order valence-electron chi connectivity index (χ2n) is 11.4. The van der Waals surface area contributed by atoms with Crippen LogP contribution < -0.4 is 9.47 Å². The number of ether oxygens (including phenoxy) is 2. The molecule has 2 aliphatic heterocycles. The zero-order valence-corrected chi connectivity index (χ0v) is 22.4. The number of hydrogen-bond acceptors (Lipinski definition) is 8. The largest absolute Gasteiger partial charge is 0.508 e. The first-order chi connectivity index (χ1) is 20.2. The Morgan fingerprint density at radius 2 is 1.48 bits per heavy atom. The van der Waals surface area contributed by atoms with E-state index in [2.05, 4.69) is 13.0 Å². The van der Waals surface area contributed by atoms with Crippen LogP contribution >= 0.6 is 0 Å². The third-order valence-corrected chi connectivity index (χ3v) is 8.78. The molecule has 0 saturated heterocycles. The molecule has 5 N–H and O–H groups in total. The first-order valence-corrected chi connectivity index (χ1v) is 13.7. The van der Waals surface area contributed by atoms with Gasteiger partial charge in [0.1, 0.15) is 51.6 Å². The predicted molar refractivity (Wildman–Crippen MR) is 153 cm³/mol. The molecule has 0 amide bonds. The van der Waals surface area contributed by atoms with Gasteiger partial charge in [-0.3, -0.25) is 0 Å². The van der Waals surface area contributed by atoms with Crippen molar-refractivity contribution in [3.63, 3.8) is 0 Å². The van der Waals surface area contributed by atoms with Crippen molar-refractivity contribution in [2.45, 2.75) is 31.0 Å². The predicted octanol–water partition coefficient (Wildman–Crippen LogP) is 7.10. The van der Waals surface area contributed by atoms with Gasteiger partial charge in [-0.05, 0) is 67.4 Å². The number of phenols is 5. The monoisotopic (exact) mass is 562 g/mol. The summed E-state index contributed by atoms with van der Waals surface area (Å²) in [5, 5.41) is 53.9. The van der Waals surface area contributed by atoms with Crippen LogP contribution in [0.25, 0.3) is 22.3 Å². The van der Waals surface area contributed by atoms with Gasteiger partial charge < -0.3 is 39.4 Å². The molecule has 1 aromatic heterocycles. The summed E-state index contributed by atoms with van der Waals surface area (Å²) >= 11 is 0. The molecule has 8 nitrogen and oxygen atoms in total. The highest BCUT2D eigenvalue weighted by Crippen LogP contribution is 2.65. The zero-order chi connectivity index (χ0) is 28.9. The van der Waals surface area contributed by atoms with Crippen molar-refractivity contribution in [2.75, 3.05) is 0 Å². The Kier molecular flexibility index (Phi) is 4.90. The SMILES string of the molecule is CC1=C[C@@H]2c3c(O)cc(-c4cc5ccc(O)cc5o4)cc3O[C@]3(c4ccc(O)cc4O)Oc4cc(O)ccc4[C@@H](C1)[C@@H]23. The lowest BCUT2D eigenvalue weighted by atomic mass is 9.61. The highest BCUT2D eigenvalue weighted by atomic mass is 16.7. The van der Waals surface area contributed by atoms with E-state index >= 15 is 0 Å². The summed E-state index contributed by atoms with van der Waals surface area (Å²) in [6, 6.07) is 19.4. The molecule has 0 unspecified atom stereocenters. The van der Waals surface area contributed by atoms with Gasteiger partial charge in [0.05, 0.1) is 11.5 Å². The van der Waals surface area contributed by atoms with Crippen molar-refractivity contribution in [3.8, 4) is 51.6 Å². The fourth-order valence-corrected chi connectivity index (χ4v) is 7.11. The van der Waals surface area contributed by atoms with Gasteiger partial charge in [0, 0.05) is 46.5 Å². The van der Waals surface area contributed by atoms with Gasteiger partial charge in [0.2, 0.25) is 0 Å². The van der Waals surface area contributed by atoms with Crippen LogP contribution in [0, 0.1) is 5.92 Å². The smallest absolute Gasteiger partial charge is 0.285 e. The molecule has 0 saturated carbocycles. The van der Waals surface area contributed by atoms with E-state index < -0.39 is 11.7 Å². The number of aromatic hydroxyl groups is 5. The third-order valence-electron chi connectivity index (χ3n) is 8.78. The molecule has 8 heteroatoms. The van der Waals surface area contributed by atoms with Crippen LogP contribution in [-0.4, -0.2) is 25.5 Å². The average Bonchev–Trinajstić information content (AvgIpc) is 3.35. The standard InChI is InChI=1S/C34H26O8/c1-16-8-23-22-6-4-21(37)15-30(22)41-34(25-7-5-19(35)13-26(25)38)33(23)24(9-16)32-27(39)10-18(12-31(32)42-34)28-11-17-2-3-20(36)14-29(17)40-28/h2-7,9-15,23-24,33,35-39H,8H2,1H3/t23-,24-,33+,34+/m1/s1. The van der Waals surface area contributed by atoms with Gasteiger partial charge in [0.25, 0.3) is 5.79 Å². The van der Waals surface area contributed by atoms with Gasteiger partial charge in [-0.15, -0.1) is 0 Å². The van der Waals surface area contributed by atoms with Crippen molar-refractivity contribution in [1.82, 2.24) is 0 Å². The van der Waals surface area contributed by atoms with Gasteiger partial charge >= 0.3 is 0 Å². The second kappa shape index (κ2) is 8.39. The van der Waals surface area contributed by atoms with E-state index in [1.165, 1.54) is 18.2 Å². The Balaban J connectivity index is 1.38. The van der Waals surface area contributed by atoms with E-state index in [1.54, 1.807) is 42.5 Å². The molecule has 3 aliphatic rings. The number of benzene rings is 4. The number of fused-ring (bicyclic) bond motifs is 5. The summed E-state index contributed by atoms with van der Waals surface area (Å²) in [5.41, 5.74) is 3.98. The number of furan rings is 1. The Bertz CT molecular complexity index is 1970. The summed E-state index contributed by atoms with van der Waals surface area (Å²) in [6.45, 7) is 2.05. The molecule has 4 atom stereocenters. The summed E-state index contributed by atoms with van der Waals surface area (Å²) < 4.78 is 19.5. The maximum absolute atomic E-state index is 11.5. The summed E-state index contributed by atoms with van der Waals surface area (Å²) in [6.07, 6.45) is 2.80. The van der Waals surface area contributed by atoms with Crippen molar-refractivity contribution >= 4 is 11.0 Å². The molecule has 210 valence electrons. The molecule has 0 bridgehead atoms. The van der Waals surface area contributed by atoms with Gasteiger partial charge in [-0.2, -0.15) is 0 Å². The topological polar surface area (TPSA) is 133 Å². The number of phenolic OH excluding ortho intramolecular Hbond substituents is 5. The van der Waals surface area contributed by atoms with Gasteiger partial charge in [-0.1, -0.05) is 17.7 Å². The van der Waals surface area contributed by atoms with E-state index in [9.17, 15) is 25.5 Å². The van der Waals surface area contributed by atoms with Crippen LogP contribution in [0.5, 0.6) is 40.2 Å². The summed E-state index contributed by atoms with van der Waals surface area (Å²) in [5.74, 6) is -1.40. The second-order valence-corrected chi connectivity index (χ2v) is 11.4. The van der Waals surface area contributed by atoms with E-state index in [1.807, 2.05) is 12.1 Å². The molecule has 8 rings (SSSR count). The fourth-order valence-electron chi connectivity index (χ4n) is 7.11. The van der Waals surface area contributed by atoms with Crippen LogP contribution in [-0.2, 0) is 5.79 Å². The minimum absolute atomic E-state index is 0.0283. The maximum atomic E-state index is 11.5. The molecule has 42 heavy (non-hydrogen) atoms. The lowest BCUT2D eigenvalue weighted by Crippen LogP contribution is -2.56. The molecule has 0 fully saturated rings. The lowest BCUT2D eigenvalue weighted by Gasteiger charge is -2.55. The number of hydrogen-bond donors (Lipinski definition) is 5. The molecular formula is C34H26O8. The minimum Gasteiger partial charge on any atom is -0.508 e. The Morgan fingerprint density at radius 1 is 0.738 bits per heavy atom. The lowest BCUT2D eigenvalue weighted by molar-refractivity contribution is -0.198. The number of allylic oxidation sites excluding steroid dienone is 2. The molecule has 4 aromatic carbocycles. The highest BCUT2D eigenvalue weighted by Gasteiger charge is 2.61.